The molecular weight excluding hydrogens is 340 g/mol. The highest BCUT2D eigenvalue weighted by Crippen LogP contribution is 2.23. The Balaban J connectivity index is 0.000000233. The third-order valence-corrected chi connectivity index (χ3v) is 4.70. The fourth-order valence-corrected chi connectivity index (χ4v) is 3.10. The first-order chi connectivity index (χ1) is 13.7. The molecule has 0 fully saturated rings. The van der Waals surface area contributed by atoms with Gasteiger partial charge in [0.15, 0.2) is 0 Å². The largest absolute Gasteiger partial charge is 0.252 e. The molecule has 0 spiro atoms. The van der Waals surface area contributed by atoms with E-state index in [1.165, 1.54) is 21.9 Å². The van der Waals surface area contributed by atoms with Crippen molar-refractivity contribution >= 4 is 21.8 Å². The Hall–Kier alpha value is -3.52. The minimum absolute atomic E-state index is 0.915. The summed E-state index contributed by atoms with van der Waals surface area (Å²) in [6.07, 6.45) is 1.85. The summed E-state index contributed by atoms with van der Waals surface area (Å²) < 4.78 is 0. The van der Waals surface area contributed by atoms with Crippen molar-refractivity contribution in [2.24, 2.45) is 0 Å². The fourth-order valence-electron chi connectivity index (χ4n) is 3.10. The Bertz CT molecular complexity index is 1210. The molecule has 2 nitrogen and oxygen atoms in total. The van der Waals surface area contributed by atoms with Gasteiger partial charge in [-0.25, -0.2) is 4.98 Å². The van der Waals surface area contributed by atoms with Gasteiger partial charge >= 0.3 is 0 Å². The van der Waals surface area contributed by atoms with Gasteiger partial charge in [0.05, 0.1) is 22.9 Å². The van der Waals surface area contributed by atoms with Crippen molar-refractivity contribution in [2.75, 3.05) is 0 Å². The molecule has 5 aromatic rings. The molecule has 0 saturated carbocycles. The maximum Gasteiger partial charge on any atom is 0.0900 e. The Kier molecular flexibility index (Phi) is 5.11. The summed E-state index contributed by atoms with van der Waals surface area (Å²) in [5.41, 5.74) is 6.46. The summed E-state index contributed by atoms with van der Waals surface area (Å²) in [7, 11) is 0. The van der Waals surface area contributed by atoms with Crippen molar-refractivity contribution in [2.45, 2.75) is 13.8 Å². The van der Waals surface area contributed by atoms with Crippen LogP contribution in [-0.2, 0) is 0 Å². The molecule has 0 N–H and O–H groups in total. The molecule has 0 aliphatic rings. The molecule has 2 heteroatoms. The van der Waals surface area contributed by atoms with E-state index >= 15 is 0 Å². The first kappa shape index (κ1) is 17.9. The number of hydrogen-bond donors (Lipinski definition) is 0. The zero-order valence-electron chi connectivity index (χ0n) is 16.1. The van der Waals surface area contributed by atoms with Gasteiger partial charge in [-0.05, 0) is 36.8 Å². The second kappa shape index (κ2) is 8.01. The van der Waals surface area contributed by atoms with Crippen molar-refractivity contribution in [3.05, 3.63) is 108 Å². The Labute approximate surface area is 165 Å². The van der Waals surface area contributed by atoms with Crippen LogP contribution < -0.4 is 0 Å². The Morgan fingerprint density at radius 3 is 1.75 bits per heavy atom. The standard InChI is InChI=1S/C19H14N2.C7H8/c1-13-6-8-14(9-7-13)19-12-20-17-10-15-4-2-3-5-16(15)11-18(17)21-19;1-7-5-3-2-4-6-7/h2-12H,1H3;2-6H,1H3. The molecule has 1 heterocycles. The van der Waals surface area contributed by atoms with E-state index in [2.05, 4.69) is 79.5 Å². The van der Waals surface area contributed by atoms with Crippen LogP contribution in [0.15, 0.2) is 97.2 Å². The van der Waals surface area contributed by atoms with E-state index in [1.54, 1.807) is 0 Å². The van der Waals surface area contributed by atoms with Crippen LogP contribution in [0, 0.1) is 13.8 Å². The zero-order valence-corrected chi connectivity index (χ0v) is 16.1. The normalized spacial score (nSPS) is 10.5. The summed E-state index contributed by atoms with van der Waals surface area (Å²) in [5, 5.41) is 2.39. The molecule has 0 aliphatic heterocycles. The molecule has 0 aliphatic carbocycles. The monoisotopic (exact) mass is 362 g/mol. The SMILES string of the molecule is Cc1ccc(-c2cnc3cc4ccccc4cc3n2)cc1.Cc1ccccc1. The number of rotatable bonds is 1. The molecule has 0 radical (unpaired) electrons. The van der Waals surface area contributed by atoms with E-state index < -0.39 is 0 Å². The van der Waals surface area contributed by atoms with E-state index in [4.69, 9.17) is 4.98 Å². The van der Waals surface area contributed by atoms with E-state index in [0.717, 1.165) is 22.3 Å². The molecule has 0 atom stereocenters. The summed E-state index contributed by atoms with van der Waals surface area (Å²) in [5.74, 6) is 0. The van der Waals surface area contributed by atoms with Crippen LogP contribution in [-0.4, -0.2) is 9.97 Å². The second-order valence-electron chi connectivity index (χ2n) is 6.96. The highest BCUT2D eigenvalue weighted by molar-refractivity contribution is 5.95. The van der Waals surface area contributed by atoms with Crippen LogP contribution in [0.2, 0.25) is 0 Å². The van der Waals surface area contributed by atoms with Gasteiger partial charge in [-0.15, -0.1) is 0 Å². The number of fused-ring (bicyclic) bond motifs is 2. The first-order valence-corrected chi connectivity index (χ1v) is 9.43. The molecule has 0 saturated heterocycles. The number of hydrogen-bond acceptors (Lipinski definition) is 2. The maximum atomic E-state index is 4.76. The van der Waals surface area contributed by atoms with Crippen LogP contribution in [0.25, 0.3) is 33.1 Å². The smallest absolute Gasteiger partial charge is 0.0900 e. The van der Waals surface area contributed by atoms with E-state index in [0.29, 0.717) is 0 Å². The number of benzene rings is 4. The lowest BCUT2D eigenvalue weighted by Crippen LogP contribution is -1.89. The Morgan fingerprint density at radius 1 is 0.571 bits per heavy atom. The maximum absolute atomic E-state index is 4.76. The average molecular weight is 362 g/mol. The lowest BCUT2D eigenvalue weighted by Gasteiger charge is -2.05. The van der Waals surface area contributed by atoms with Crippen molar-refractivity contribution in [1.82, 2.24) is 9.97 Å². The molecule has 4 aromatic carbocycles. The molecule has 136 valence electrons. The van der Waals surface area contributed by atoms with Crippen LogP contribution in [0.4, 0.5) is 0 Å². The quantitative estimate of drug-likeness (QED) is 0.308. The van der Waals surface area contributed by atoms with Gasteiger partial charge in [0, 0.05) is 5.56 Å². The average Bonchev–Trinajstić information content (AvgIpc) is 2.73. The predicted molar refractivity (Wildman–Crippen MR) is 118 cm³/mol. The minimum Gasteiger partial charge on any atom is -0.252 e. The highest BCUT2D eigenvalue weighted by atomic mass is 14.8. The number of aromatic nitrogens is 2. The summed E-state index contributed by atoms with van der Waals surface area (Å²) in [4.78, 5) is 9.33. The zero-order chi connectivity index (χ0) is 19.3. The first-order valence-electron chi connectivity index (χ1n) is 9.43. The molecule has 5 rings (SSSR count). The lowest BCUT2D eigenvalue weighted by atomic mass is 10.1. The van der Waals surface area contributed by atoms with Crippen LogP contribution in [0.5, 0.6) is 0 Å². The summed E-state index contributed by atoms with van der Waals surface area (Å²) >= 11 is 0. The lowest BCUT2D eigenvalue weighted by molar-refractivity contribution is 1.29. The van der Waals surface area contributed by atoms with Gasteiger partial charge in [-0.2, -0.15) is 0 Å². The van der Waals surface area contributed by atoms with Gasteiger partial charge in [0.1, 0.15) is 0 Å². The van der Waals surface area contributed by atoms with Crippen molar-refractivity contribution in [3.8, 4) is 11.3 Å². The third kappa shape index (κ3) is 4.07. The van der Waals surface area contributed by atoms with Crippen LogP contribution in [0.3, 0.4) is 0 Å². The van der Waals surface area contributed by atoms with Gasteiger partial charge in [-0.3, -0.25) is 4.98 Å². The highest BCUT2D eigenvalue weighted by Gasteiger charge is 2.04. The third-order valence-electron chi connectivity index (χ3n) is 4.70. The van der Waals surface area contributed by atoms with Crippen molar-refractivity contribution in [3.63, 3.8) is 0 Å². The molecule has 0 amide bonds. The number of aryl methyl sites for hydroxylation is 2. The summed E-state index contributed by atoms with van der Waals surface area (Å²) in [6, 6.07) is 31.1. The minimum atomic E-state index is 0.915. The van der Waals surface area contributed by atoms with Crippen molar-refractivity contribution < 1.29 is 0 Å². The fraction of sp³-hybridized carbons (Fsp3) is 0.0769. The van der Waals surface area contributed by atoms with Gasteiger partial charge in [0.2, 0.25) is 0 Å². The molecule has 0 unspecified atom stereocenters. The molecule has 0 bridgehead atoms. The van der Waals surface area contributed by atoms with Crippen molar-refractivity contribution in [1.29, 1.82) is 0 Å². The van der Waals surface area contributed by atoms with Gasteiger partial charge in [0.25, 0.3) is 0 Å². The second-order valence-corrected chi connectivity index (χ2v) is 6.96. The molecule has 1 aromatic heterocycles. The van der Waals surface area contributed by atoms with E-state index in [9.17, 15) is 0 Å². The molecular formula is C26H22N2. The van der Waals surface area contributed by atoms with Crippen LogP contribution >= 0.6 is 0 Å². The van der Waals surface area contributed by atoms with E-state index in [-0.39, 0.29) is 0 Å². The number of nitrogens with zero attached hydrogens (tertiary/aromatic N) is 2. The summed E-state index contributed by atoms with van der Waals surface area (Å²) in [6.45, 7) is 4.17. The predicted octanol–water partition coefficient (Wildman–Crippen LogP) is 6.75. The van der Waals surface area contributed by atoms with E-state index in [1.807, 2.05) is 36.5 Å². The Morgan fingerprint density at radius 2 is 1.14 bits per heavy atom. The van der Waals surface area contributed by atoms with Gasteiger partial charge in [-0.1, -0.05) is 90.0 Å². The molecule has 28 heavy (non-hydrogen) atoms. The van der Waals surface area contributed by atoms with Gasteiger partial charge < -0.3 is 0 Å². The van der Waals surface area contributed by atoms with Crippen LogP contribution in [0.1, 0.15) is 11.1 Å². The topological polar surface area (TPSA) is 25.8 Å².